The van der Waals surface area contributed by atoms with E-state index in [0.29, 0.717) is 5.95 Å². The van der Waals surface area contributed by atoms with E-state index in [-0.39, 0.29) is 0 Å². The van der Waals surface area contributed by atoms with E-state index in [1.165, 1.54) is 0 Å². The predicted octanol–water partition coefficient (Wildman–Crippen LogP) is 2.49. The maximum Gasteiger partial charge on any atom is 0.226 e. The van der Waals surface area contributed by atoms with Crippen LogP contribution in [0.5, 0.6) is 0 Å². The molecule has 0 unspecified atom stereocenters. The van der Waals surface area contributed by atoms with Gasteiger partial charge < -0.3 is 15.5 Å². The first-order chi connectivity index (χ1) is 9.20. The molecule has 6 heteroatoms. The quantitative estimate of drug-likeness (QED) is 0.763. The third kappa shape index (κ3) is 3.78. The van der Waals surface area contributed by atoms with Crippen molar-refractivity contribution in [3.05, 3.63) is 11.4 Å². The summed E-state index contributed by atoms with van der Waals surface area (Å²) >= 11 is 1.65. The second-order valence-electron chi connectivity index (χ2n) is 4.65. The number of rotatable bonds is 7. The molecule has 0 aliphatic carbocycles. The summed E-state index contributed by atoms with van der Waals surface area (Å²) in [7, 11) is 4.18. The number of fused-ring (bicyclic) bond motifs is 1. The van der Waals surface area contributed by atoms with Crippen LogP contribution in [0.1, 0.15) is 13.3 Å². The van der Waals surface area contributed by atoms with Gasteiger partial charge in [0, 0.05) is 13.1 Å². The smallest absolute Gasteiger partial charge is 0.226 e. The Morgan fingerprint density at radius 2 is 2.11 bits per heavy atom. The number of nitrogens with zero attached hydrogens (tertiary/aromatic N) is 3. The van der Waals surface area contributed by atoms with Gasteiger partial charge in [-0.1, -0.05) is 0 Å². The van der Waals surface area contributed by atoms with Crippen LogP contribution in [0.2, 0.25) is 0 Å². The Hall–Kier alpha value is -1.40. The van der Waals surface area contributed by atoms with Gasteiger partial charge in [0.15, 0.2) is 0 Å². The number of anilines is 2. The Bertz CT molecular complexity index is 523. The summed E-state index contributed by atoms with van der Waals surface area (Å²) in [6.07, 6.45) is 1.10. The van der Waals surface area contributed by atoms with Crippen LogP contribution >= 0.6 is 11.3 Å². The van der Waals surface area contributed by atoms with E-state index >= 15 is 0 Å². The average molecular weight is 279 g/mol. The van der Waals surface area contributed by atoms with E-state index in [2.05, 4.69) is 51.0 Å². The molecule has 0 spiro atoms. The Morgan fingerprint density at radius 3 is 2.84 bits per heavy atom. The molecule has 2 aromatic heterocycles. The van der Waals surface area contributed by atoms with Gasteiger partial charge in [-0.25, -0.2) is 4.98 Å². The van der Waals surface area contributed by atoms with Gasteiger partial charge in [0.05, 0.1) is 5.39 Å². The fourth-order valence-electron chi connectivity index (χ4n) is 1.83. The summed E-state index contributed by atoms with van der Waals surface area (Å²) in [6.45, 7) is 4.87. The van der Waals surface area contributed by atoms with Crippen molar-refractivity contribution in [3.8, 4) is 0 Å². The van der Waals surface area contributed by atoms with Gasteiger partial charge in [-0.3, -0.25) is 0 Å². The van der Waals surface area contributed by atoms with Crippen molar-refractivity contribution >= 4 is 33.3 Å². The van der Waals surface area contributed by atoms with Gasteiger partial charge >= 0.3 is 0 Å². The highest BCUT2D eigenvalue weighted by Gasteiger charge is 2.07. The van der Waals surface area contributed by atoms with E-state index in [9.17, 15) is 0 Å². The van der Waals surface area contributed by atoms with Crippen LogP contribution in [-0.4, -0.2) is 48.6 Å². The number of aromatic nitrogens is 2. The van der Waals surface area contributed by atoms with Gasteiger partial charge in [-0.2, -0.15) is 4.98 Å². The minimum absolute atomic E-state index is 0.701. The van der Waals surface area contributed by atoms with Crippen molar-refractivity contribution in [1.29, 1.82) is 0 Å². The zero-order valence-corrected chi connectivity index (χ0v) is 12.5. The molecule has 2 rings (SSSR count). The van der Waals surface area contributed by atoms with Crippen molar-refractivity contribution in [2.24, 2.45) is 0 Å². The molecule has 2 aromatic rings. The van der Waals surface area contributed by atoms with E-state index in [0.717, 1.165) is 42.1 Å². The summed E-state index contributed by atoms with van der Waals surface area (Å²) in [5.74, 6) is 1.63. The molecule has 0 fully saturated rings. The Balaban J connectivity index is 2.09. The molecular formula is C13H21N5S. The van der Waals surface area contributed by atoms with Crippen molar-refractivity contribution in [3.63, 3.8) is 0 Å². The van der Waals surface area contributed by atoms with Crippen LogP contribution in [0.4, 0.5) is 11.8 Å². The zero-order chi connectivity index (χ0) is 13.7. The van der Waals surface area contributed by atoms with Crippen molar-refractivity contribution in [2.75, 3.05) is 44.4 Å². The molecular weight excluding hydrogens is 258 g/mol. The van der Waals surface area contributed by atoms with Gasteiger partial charge in [-0.05, 0) is 45.4 Å². The predicted molar refractivity (Wildman–Crippen MR) is 83.2 cm³/mol. The molecule has 5 nitrogen and oxygen atoms in total. The first-order valence-corrected chi connectivity index (χ1v) is 7.46. The topological polar surface area (TPSA) is 53.1 Å². The fourth-order valence-corrected chi connectivity index (χ4v) is 2.59. The standard InChI is InChI=1S/C13H21N5S/c1-4-14-13-16-11(15-7-5-8-18(2)3)10-6-9-19-12(10)17-13/h6,9H,4-5,7-8H2,1-3H3,(H2,14,15,16,17). The van der Waals surface area contributed by atoms with Gasteiger partial charge in [-0.15, -0.1) is 11.3 Å². The fraction of sp³-hybridized carbons (Fsp3) is 0.538. The van der Waals surface area contributed by atoms with Crippen LogP contribution in [0.3, 0.4) is 0 Å². The molecule has 0 amide bonds. The third-order valence-electron chi connectivity index (χ3n) is 2.73. The SMILES string of the molecule is CCNc1nc(NCCCN(C)C)c2ccsc2n1. The van der Waals surface area contributed by atoms with Crippen molar-refractivity contribution < 1.29 is 0 Å². The van der Waals surface area contributed by atoms with Crippen molar-refractivity contribution in [1.82, 2.24) is 14.9 Å². The maximum atomic E-state index is 4.54. The minimum Gasteiger partial charge on any atom is -0.369 e. The number of nitrogens with one attached hydrogen (secondary N) is 2. The van der Waals surface area contributed by atoms with Gasteiger partial charge in [0.25, 0.3) is 0 Å². The summed E-state index contributed by atoms with van der Waals surface area (Å²) in [4.78, 5) is 12.2. The number of thiophene rings is 1. The summed E-state index contributed by atoms with van der Waals surface area (Å²) in [6, 6.07) is 2.07. The monoisotopic (exact) mass is 279 g/mol. The normalized spacial score (nSPS) is 11.2. The lowest BCUT2D eigenvalue weighted by Crippen LogP contribution is -2.17. The summed E-state index contributed by atoms with van der Waals surface area (Å²) in [5.41, 5.74) is 0. The van der Waals surface area contributed by atoms with Crippen molar-refractivity contribution in [2.45, 2.75) is 13.3 Å². The summed E-state index contributed by atoms with van der Waals surface area (Å²) < 4.78 is 0. The molecule has 0 aliphatic rings. The molecule has 0 radical (unpaired) electrons. The maximum absolute atomic E-state index is 4.54. The zero-order valence-electron chi connectivity index (χ0n) is 11.7. The highest BCUT2D eigenvalue weighted by molar-refractivity contribution is 7.16. The van der Waals surface area contributed by atoms with Gasteiger partial charge in [0.1, 0.15) is 10.6 Å². The molecule has 0 atom stereocenters. The first-order valence-electron chi connectivity index (χ1n) is 6.58. The Labute approximate surface area is 118 Å². The van der Waals surface area contributed by atoms with Crippen LogP contribution in [0.15, 0.2) is 11.4 Å². The van der Waals surface area contributed by atoms with E-state index in [4.69, 9.17) is 0 Å². The average Bonchev–Trinajstić information content (AvgIpc) is 2.83. The van der Waals surface area contributed by atoms with E-state index in [1.54, 1.807) is 11.3 Å². The number of hydrogen-bond donors (Lipinski definition) is 2. The summed E-state index contributed by atoms with van der Waals surface area (Å²) in [5, 5.41) is 9.76. The van der Waals surface area contributed by atoms with Crippen LogP contribution in [-0.2, 0) is 0 Å². The van der Waals surface area contributed by atoms with Crippen LogP contribution < -0.4 is 10.6 Å². The second kappa shape index (κ2) is 6.68. The Kier molecular flexibility index (Phi) is 4.93. The molecule has 0 aliphatic heterocycles. The van der Waals surface area contributed by atoms with E-state index in [1.807, 2.05) is 6.92 Å². The molecule has 0 saturated carbocycles. The number of hydrogen-bond acceptors (Lipinski definition) is 6. The van der Waals surface area contributed by atoms with Gasteiger partial charge in [0.2, 0.25) is 5.95 Å². The minimum atomic E-state index is 0.701. The highest BCUT2D eigenvalue weighted by atomic mass is 32.1. The second-order valence-corrected chi connectivity index (χ2v) is 5.54. The lowest BCUT2D eigenvalue weighted by molar-refractivity contribution is 0.405. The molecule has 19 heavy (non-hydrogen) atoms. The lowest BCUT2D eigenvalue weighted by atomic mass is 10.3. The molecule has 0 bridgehead atoms. The highest BCUT2D eigenvalue weighted by Crippen LogP contribution is 2.26. The molecule has 104 valence electrons. The largest absolute Gasteiger partial charge is 0.369 e. The molecule has 0 saturated heterocycles. The first kappa shape index (κ1) is 14.0. The van der Waals surface area contributed by atoms with Crippen LogP contribution in [0, 0.1) is 0 Å². The van der Waals surface area contributed by atoms with E-state index < -0.39 is 0 Å². The molecule has 0 aromatic carbocycles. The lowest BCUT2D eigenvalue weighted by Gasteiger charge is -2.11. The Morgan fingerprint density at radius 1 is 1.26 bits per heavy atom. The third-order valence-corrected chi connectivity index (χ3v) is 3.54. The van der Waals surface area contributed by atoms with Crippen LogP contribution in [0.25, 0.3) is 10.2 Å². The molecule has 2 N–H and O–H groups in total. The molecule has 2 heterocycles.